The molecular weight excluding hydrogens is 245 g/mol. The average Bonchev–Trinajstić information content (AvgIpc) is 2.41. The standard InChI is InChI=1S/C15H16FNO2/c1-18-9-11-3-2-4-12(7-11)10-19-13-5-6-14(16)15(17)8-13/h2-8H,9-10,17H2,1H3. The second-order valence-electron chi connectivity index (χ2n) is 4.22. The van der Waals surface area contributed by atoms with Gasteiger partial charge in [0.05, 0.1) is 12.3 Å². The molecule has 0 saturated carbocycles. The van der Waals surface area contributed by atoms with Crippen LogP contribution in [-0.2, 0) is 18.0 Å². The van der Waals surface area contributed by atoms with Gasteiger partial charge in [-0.25, -0.2) is 4.39 Å². The third-order valence-electron chi connectivity index (χ3n) is 2.68. The first-order valence-electron chi connectivity index (χ1n) is 5.93. The molecule has 0 fully saturated rings. The number of anilines is 1. The molecule has 0 radical (unpaired) electrons. The van der Waals surface area contributed by atoms with Crippen LogP contribution in [0.15, 0.2) is 42.5 Å². The van der Waals surface area contributed by atoms with Crippen molar-refractivity contribution in [2.24, 2.45) is 0 Å². The summed E-state index contributed by atoms with van der Waals surface area (Å²) in [6.45, 7) is 0.972. The van der Waals surface area contributed by atoms with Gasteiger partial charge in [0.15, 0.2) is 0 Å². The van der Waals surface area contributed by atoms with Gasteiger partial charge in [0.25, 0.3) is 0 Å². The number of benzene rings is 2. The number of halogens is 1. The van der Waals surface area contributed by atoms with E-state index in [0.29, 0.717) is 19.0 Å². The van der Waals surface area contributed by atoms with Gasteiger partial charge in [0.1, 0.15) is 18.2 Å². The van der Waals surface area contributed by atoms with E-state index >= 15 is 0 Å². The molecule has 0 aliphatic rings. The van der Waals surface area contributed by atoms with E-state index in [4.69, 9.17) is 15.2 Å². The molecule has 2 rings (SSSR count). The van der Waals surface area contributed by atoms with Crippen molar-refractivity contribution in [1.82, 2.24) is 0 Å². The van der Waals surface area contributed by atoms with Crippen LogP contribution in [0.5, 0.6) is 5.75 Å². The van der Waals surface area contributed by atoms with E-state index in [2.05, 4.69) is 0 Å². The maximum atomic E-state index is 13.0. The van der Waals surface area contributed by atoms with Crippen LogP contribution in [-0.4, -0.2) is 7.11 Å². The van der Waals surface area contributed by atoms with Crippen LogP contribution in [0.1, 0.15) is 11.1 Å². The van der Waals surface area contributed by atoms with Gasteiger partial charge < -0.3 is 15.2 Å². The van der Waals surface area contributed by atoms with E-state index in [1.165, 1.54) is 12.1 Å². The number of methoxy groups -OCH3 is 1. The van der Waals surface area contributed by atoms with Gasteiger partial charge in [-0.15, -0.1) is 0 Å². The SMILES string of the molecule is COCc1cccc(COc2ccc(F)c(N)c2)c1. The topological polar surface area (TPSA) is 44.5 Å². The van der Waals surface area contributed by atoms with Crippen LogP contribution in [0.4, 0.5) is 10.1 Å². The summed E-state index contributed by atoms with van der Waals surface area (Å²) in [6.07, 6.45) is 0. The molecule has 0 saturated heterocycles. The van der Waals surface area contributed by atoms with Crippen molar-refractivity contribution in [3.63, 3.8) is 0 Å². The van der Waals surface area contributed by atoms with Crippen molar-refractivity contribution in [2.45, 2.75) is 13.2 Å². The van der Waals surface area contributed by atoms with Crippen LogP contribution in [0.25, 0.3) is 0 Å². The Bertz CT molecular complexity index is 558. The van der Waals surface area contributed by atoms with Crippen LogP contribution in [0, 0.1) is 5.82 Å². The summed E-state index contributed by atoms with van der Waals surface area (Å²) in [5.41, 5.74) is 7.68. The first-order chi connectivity index (χ1) is 9.19. The van der Waals surface area contributed by atoms with E-state index < -0.39 is 5.82 Å². The Kier molecular flexibility index (Phi) is 4.36. The maximum Gasteiger partial charge on any atom is 0.146 e. The quantitative estimate of drug-likeness (QED) is 0.841. The van der Waals surface area contributed by atoms with E-state index in [1.54, 1.807) is 13.2 Å². The molecule has 0 unspecified atom stereocenters. The summed E-state index contributed by atoms with van der Waals surface area (Å²) in [7, 11) is 1.66. The molecule has 0 bridgehead atoms. The Hall–Kier alpha value is -2.07. The highest BCUT2D eigenvalue weighted by molar-refractivity contribution is 5.45. The van der Waals surface area contributed by atoms with Gasteiger partial charge in [0.2, 0.25) is 0 Å². The van der Waals surface area contributed by atoms with Crippen molar-refractivity contribution in [1.29, 1.82) is 0 Å². The highest BCUT2D eigenvalue weighted by atomic mass is 19.1. The summed E-state index contributed by atoms with van der Waals surface area (Å²) >= 11 is 0. The number of rotatable bonds is 5. The lowest BCUT2D eigenvalue weighted by atomic mass is 10.1. The average molecular weight is 261 g/mol. The summed E-state index contributed by atoms with van der Waals surface area (Å²) in [4.78, 5) is 0. The molecule has 3 nitrogen and oxygen atoms in total. The Labute approximate surface area is 111 Å². The molecule has 2 aromatic carbocycles. The van der Waals surface area contributed by atoms with Gasteiger partial charge in [-0.2, -0.15) is 0 Å². The summed E-state index contributed by atoms with van der Waals surface area (Å²) in [5.74, 6) is 0.116. The van der Waals surface area contributed by atoms with E-state index in [-0.39, 0.29) is 5.69 Å². The van der Waals surface area contributed by atoms with Crippen LogP contribution < -0.4 is 10.5 Å². The van der Waals surface area contributed by atoms with Crippen molar-refractivity contribution < 1.29 is 13.9 Å². The smallest absolute Gasteiger partial charge is 0.146 e. The monoisotopic (exact) mass is 261 g/mol. The number of nitrogens with two attached hydrogens (primary N) is 1. The van der Waals surface area contributed by atoms with Gasteiger partial charge in [-0.05, 0) is 23.3 Å². The molecule has 0 spiro atoms. The molecular formula is C15H16FNO2. The minimum atomic E-state index is -0.436. The normalized spacial score (nSPS) is 10.4. The Morgan fingerprint density at radius 3 is 2.47 bits per heavy atom. The zero-order chi connectivity index (χ0) is 13.7. The molecule has 0 heterocycles. The molecule has 4 heteroatoms. The lowest BCUT2D eigenvalue weighted by Gasteiger charge is -2.08. The first-order valence-corrected chi connectivity index (χ1v) is 5.93. The molecule has 2 aromatic rings. The summed E-state index contributed by atoms with van der Waals surface area (Å²) in [5, 5.41) is 0. The van der Waals surface area contributed by atoms with E-state index in [9.17, 15) is 4.39 Å². The number of hydrogen-bond acceptors (Lipinski definition) is 3. The third-order valence-corrected chi connectivity index (χ3v) is 2.68. The fourth-order valence-corrected chi connectivity index (χ4v) is 1.75. The Morgan fingerprint density at radius 1 is 1.05 bits per heavy atom. The molecule has 2 N–H and O–H groups in total. The number of hydrogen-bond donors (Lipinski definition) is 1. The van der Waals surface area contributed by atoms with Crippen LogP contribution >= 0.6 is 0 Å². The fourth-order valence-electron chi connectivity index (χ4n) is 1.75. The molecule has 19 heavy (non-hydrogen) atoms. The van der Waals surface area contributed by atoms with Crippen molar-refractivity contribution in [3.05, 3.63) is 59.4 Å². The van der Waals surface area contributed by atoms with E-state index in [0.717, 1.165) is 11.1 Å². The third kappa shape index (κ3) is 3.69. The van der Waals surface area contributed by atoms with Gasteiger partial charge in [-0.3, -0.25) is 0 Å². The Morgan fingerprint density at radius 2 is 1.79 bits per heavy atom. The highest BCUT2D eigenvalue weighted by Gasteiger charge is 2.02. The lowest BCUT2D eigenvalue weighted by molar-refractivity contribution is 0.184. The molecule has 0 atom stereocenters. The molecule has 0 aromatic heterocycles. The predicted octanol–water partition coefficient (Wildman–Crippen LogP) is 3.13. The first kappa shape index (κ1) is 13.4. The van der Waals surface area contributed by atoms with Crippen LogP contribution in [0.2, 0.25) is 0 Å². The van der Waals surface area contributed by atoms with Gasteiger partial charge >= 0.3 is 0 Å². The zero-order valence-corrected chi connectivity index (χ0v) is 10.7. The van der Waals surface area contributed by atoms with E-state index in [1.807, 2.05) is 24.3 Å². The summed E-state index contributed by atoms with van der Waals surface area (Å²) in [6, 6.07) is 12.3. The maximum absolute atomic E-state index is 13.0. The molecule has 0 aliphatic heterocycles. The highest BCUT2D eigenvalue weighted by Crippen LogP contribution is 2.19. The van der Waals surface area contributed by atoms with Crippen molar-refractivity contribution in [3.8, 4) is 5.75 Å². The number of nitrogen functional groups attached to an aromatic ring is 1. The van der Waals surface area contributed by atoms with Gasteiger partial charge in [-0.1, -0.05) is 24.3 Å². The van der Waals surface area contributed by atoms with Crippen molar-refractivity contribution >= 4 is 5.69 Å². The Balaban J connectivity index is 2.01. The van der Waals surface area contributed by atoms with Gasteiger partial charge in [0, 0.05) is 13.2 Å². The second-order valence-corrected chi connectivity index (χ2v) is 4.22. The second kappa shape index (κ2) is 6.20. The van der Waals surface area contributed by atoms with Crippen LogP contribution in [0.3, 0.4) is 0 Å². The molecule has 0 aliphatic carbocycles. The predicted molar refractivity (Wildman–Crippen MR) is 72.3 cm³/mol. The zero-order valence-electron chi connectivity index (χ0n) is 10.7. The fraction of sp³-hybridized carbons (Fsp3) is 0.200. The summed E-state index contributed by atoms with van der Waals surface area (Å²) < 4.78 is 23.7. The molecule has 0 amide bonds. The number of ether oxygens (including phenoxy) is 2. The molecule has 100 valence electrons. The lowest BCUT2D eigenvalue weighted by Crippen LogP contribution is -1.98. The minimum Gasteiger partial charge on any atom is -0.489 e. The van der Waals surface area contributed by atoms with Crippen molar-refractivity contribution in [2.75, 3.05) is 12.8 Å². The minimum absolute atomic E-state index is 0.0885. The largest absolute Gasteiger partial charge is 0.489 e.